The molecule has 2 aromatic carbocycles. The van der Waals surface area contributed by atoms with E-state index in [4.69, 9.17) is 23.8 Å². The zero-order chi connectivity index (χ0) is 28.0. The lowest BCUT2D eigenvalue weighted by molar-refractivity contribution is -0.384. The number of alkyl carbamates (subject to hydrolysis) is 1. The number of methoxy groups -OCH3 is 1. The summed E-state index contributed by atoms with van der Waals surface area (Å²) < 4.78 is 20.9. The van der Waals surface area contributed by atoms with Crippen LogP contribution in [0.4, 0.5) is 10.5 Å². The highest BCUT2D eigenvalue weighted by Gasteiger charge is 2.63. The van der Waals surface area contributed by atoms with Crippen LogP contribution in [-0.4, -0.2) is 66.0 Å². The van der Waals surface area contributed by atoms with E-state index in [1.807, 2.05) is 6.07 Å². The zero-order valence-corrected chi connectivity index (χ0v) is 20.8. The lowest BCUT2D eigenvalue weighted by atomic mass is 10.0. The molecule has 2 aliphatic rings. The summed E-state index contributed by atoms with van der Waals surface area (Å²) in [4.78, 5) is 67.0. The first-order valence-corrected chi connectivity index (χ1v) is 11.8. The van der Waals surface area contributed by atoms with Crippen molar-refractivity contribution in [1.29, 1.82) is 0 Å². The number of rotatable bonds is 10. The number of amides is 2. The number of cyclic esters (lactones) is 1. The number of hydroxylamine groups is 2. The van der Waals surface area contributed by atoms with Gasteiger partial charge < -0.3 is 24.3 Å². The van der Waals surface area contributed by atoms with Gasteiger partial charge in [0.15, 0.2) is 0 Å². The number of carbonyl (C=O) groups is 4. The Bertz CT molecular complexity index is 1240. The summed E-state index contributed by atoms with van der Waals surface area (Å²) in [6.45, 7) is -0.817. The first-order valence-electron chi connectivity index (χ1n) is 11.8. The van der Waals surface area contributed by atoms with Crippen LogP contribution in [0.25, 0.3) is 0 Å². The van der Waals surface area contributed by atoms with Crippen molar-refractivity contribution in [3.05, 3.63) is 75.8 Å². The van der Waals surface area contributed by atoms with E-state index in [0.29, 0.717) is 10.6 Å². The molecule has 2 aromatic rings. The van der Waals surface area contributed by atoms with E-state index >= 15 is 0 Å². The Morgan fingerprint density at radius 2 is 1.74 bits per heavy atom. The highest BCUT2D eigenvalue weighted by atomic mass is 16.8. The van der Waals surface area contributed by atoms with Crippen molar-refractivity contribution in [1.82, 2.24) is 10.4 Å². The van der Waals surface area contributed by atoms with Crippen molar-refractivity contribution in [3.63, 3.8) is 0 Å². The lowest BCUT2D eigenvalue weighted by Gasteiger charge is -2.32. The Morgan fingerprint density at radius 3 is 2.41 bits per heavy atom. The summed E-state index contributed by atoms with van der Waals surface area (Å²) >= 11 is 0. The number of esters is 2. The number of nitrogens with one attached hydrogen (secondary N) is 1. The van der Waals surface area contributed by atoms with E-state index in [9.17, 15) is 29.3 Å². The number of nitro groups is 1. The second-order valence-electron chi connectivity index (χ2n) is 8.75. The van der Waals surface area contributed by atoms with Gasteiger partial charge in [-0.3, -0.25) is 24.5 Å². The molecule has 2 unspecified atom stereocenters. The highest BCUT2D eigenvalue weighted by Crippen LogP contribution is 2.38. The number of non-ortho nitro benzene ring substituents is 1. The third kappa shape index (κ3) is 6.13. The molecule has 0 saturated carbocycles. The minimum Gasteiger partial charge on any atom is -0.456 e. The molecule has 14 nitrogen and oxygen atoms in total. The molecular weight excluding hydrogens is 518 g/mol. The molecule has 14 heteroatoms. The summed E-state index contributed by atoms with van der Waals surface area (Å²) in [5.41, 5.74) is -1.27. The predicted octanol–water partition coefficient (Wildman–Crippen LogP) is 1.61. The Hall–Kier alpha value is -4.56. The van der Waals surface area contributed by atoms with Crippen LogP contribution in [-0.2, 0) is 51.4 Å². The molecular formula is C25H25N3O11. The second-order valence-corrected chi connectivity index (χ2v) is 8.75. The van der Waals surface area contributed by atoms with Gasteiger partial charge in [0.25, 0.3) is 11.6 Å². The van der Waals surface area contributed by atoms with Crippen molar-refractivity contribution in [2.45, 2.75) is 31.4 Å². The third-order valence-corrected chi connectivity index (χ3v) is 6.03. The standard InChI is InChI=1S/C25H25N3O11/c1-35-14-18-11-25(39-22(18)30,23(31)36-12-17-7-9-19(10-8-17)28(33)34)27-21(29)20(15-38-27)26-24(32)37-13-16-5-3-2-4-6-16/h2-10,18,20H,11-15H2,1H3,(H,26,32)/t18?,20-,25?/m0/s1. The van der Waals surface area contributed by atoms with Gasteiger partial charge in [0.05, 0.1) is 17.4 Å². The number of hydrogen-bond donors (Lipinski definition) is 1. The Morgan fingerprint density at radius 1 is 1.08 bits per heavy atom. The number of carbonyl (C=O) groups excluding carboxylic acids is 4. The van der Waals surface area contributed by atoms with Gasteiger partial charge in [-0.05, 0) is 23.3 Å². The minimum atomic E-state index is -2.28. The van der Waals surface area contributed by atoms with E-state index in [2.05, 4.69) is 5.32 Å². The molecule has 2 amide bonds. The second kappa shape index (κ2) is 11.9. The topological polar surface area (TPSA) is 173 Å². The van der Waals surface area contributed by atoms with Crippen LogP contribution in [0, 0.1) is 16.0 Å². The van der Waals surface area contributed by atoms with Crippen LogP contribution in [0.3, 0.4) is 0 Å². The first kappa shape index (κ1) is 27.5. The molecule has 0 spiro atoms. The molecule has 206 valence electrons. The average Bonchev–Trinajstić information content (AvgIpc) is 3.46. The maximum atomic E-state index is 13.3. The molecule has 4 rings (SSSR count). The van der Waals surface area contributed by atoms with Gasteiger partial charge >= 0.3 is 23.8 Å². The zero-order valence-electron chi connectivity index (χ0n) is 20.8. The molecule has 0 bridgehead atoms. The van der Waals surface area contributed by atoms with E-state index in [0.717, 1.165) is 5.56 Å². The van der Waals surface area contributed by atoms with E-state index in [1.165, 1.54) is 31.4 Å². The van der Waals surface area contributed by atoms with Crippen molar-refractivity contribution in [2.75, 3.05) is 20.3 Å². The van der Waals surface area contributed by atoms with Crippen molar-refractivity contribution < 1.29 is 47.9 Å². The fraction of sp³-hybridized carbons (Fsp3) is 0.360. The largest absolute Gasteiger partial charge is 0.456 e. The van der Waals surface area contributed by atoms with Crippen molar-refractivity contribution in [3.8, 4) is 0 Å². The highest BCUT2D eigenvalue weighted by molar-refractivity contribution is 5.94. The monoisotopic (exact) mass is 543 g/mol. The molecule has 3 atom stereocenters. The van der Waals surface area contributed by atoms with Gasteiger partial charge in [-0.1, -0.05) is 30.3 Å². The summed E-state index contributed by atoms with van der Waals surface area (Å²) in [5.74, 6) is -3.67. The van der Waals surface area contributed by atoms with Crippen molar-refractivity contribution in [2.24, 2.45) is 5.92 Å². The Kier molecular flexibility index (Phi) is 8.36. The quantitative estimate of drug-likeness (QED) is 0.200. The Balaban J connectivity index is 1.45. The van der Waals surface area contributed by atoms with Crippen LogP contribution in [0.15, 0.2) is 54.6 Å². The molecule has 0 radical (unpaired) electrons. The first-order chi connectivity index (χ1) is 18.7. The summed E-state index contributed by atoms with van der Waals surface area (Å²) in [5, 5.41) is 13.8. The molecule has 0 aromatic heterocycles. The smallest absolute Gasteiger partial charge is 0.408 e. The van der Waals surface area contributed by atoms with E-state index in [1.54, 1.807) is 24.3 Å². The van der Waals surface area contributed by atoms with Crippen LogP contribution in [0.2, 0.25) is 0 Å². The molecule has 39 heavy (non-hydrogen) atoms. The maximum absolute atomic E-state index is 13.3. The summed E-state index contributed by atoms with van der Waals surface area (Å²) in [6.07, 6.45) is -1.21. The molecule has 2 aliphatic heterocycles. The van der Waals surface area contributed by atoms with Crippen LogP contribution >= 0.6 is 0 Å². The van der Waals surface area contributed by atoms with E-state index in [-0.39, 0.29) is 38.5 Å². The van der Waals surface area contributed by atoms with Crippen LogP contribution in [0.5, 0.6) is 0 Å². The average molecular weight is 543 g/mol. The summed E-state index contributed by atoms with van der Waals surface area (Å²) in [7, 11) is 1.36. The number of ether oxygens (including phenoxy) is 4. The van der Waals surface area contributed by atoms with Gasteiger partial charge in [0.1, 0.15) is 25.9 Å². The molecule has 2 heterocycles. The molecule has 1 N–H and O–H groups in total. The number of hydrogen-bond acceptors (Lipinski definition) is 11. The van der Waals surface area contributed by atoms with Gasteiger partial charge in [-0.25, -0.2) is 9.59 Å². The Labute approximate surface area is 221 Å². The molecule has 0 aliphatic carbocycles. The molecule has 2 saturated heterocycles. The fourth-order valence-electron chi connectivity index (χ4n) is 4.06. The number of benzene rings is 2. The lowest BCUT2D eigenvalue weighted by Crippen LogP contribution is -2.57. The van der Waals surface area contributed by atoms with Crippen LogP contribution < -0.4 is 5.32 Å². The minimum absolute atomic E-state index is 0.0344. The number of nitro benzene ring substituents is 1. The summed E-state index contributed by atoms with van der Waals surface area (Å²) in [6, 6.07) is 12.9. The number of nitrogens with zero attached hydrogens (tertiary/aromatic N) is 2. The fourth-order valence-corrected chi connectivity index (χ4v) is 4.06. The van der Waals surface area contributed by atoms with Crippen molar-refractivity contribution >= 4 is 29.6 Å². The van der Waals surface area contributed by atoms with Gasteiger partial charge in [0.2, 0.25) is 0 Å². The SMILES string of the molecule is COCC1CC(C(=O)OCc2ccc([N+](=O)[O-])cc2)(N2OC[C@H](NC(=O)OCc3ccccc3)C2=O)OC1=O. The maximum Gasteiger partial charge on any atom is 0.408 e. The van der Waals surface area contributed by atoms with Gasteiger partial charge in [-0.15, -0.1) is 0 Å². The van der Waals surface area contributed by atoms with Crippen LogP contribution in [0.1, 0.15) is 17.5 Å². The van der Waals surface area contributed by atoms with E-state index < -0.39 is 46.5 Å². The predicted molar refractivity (Wildman–Crippen MR) is 128 cm³/mol. The van der Waals surface area contributed by atoms with Gasteiger partial charge in [-0.2, -0.15) is 5.06 Å². The molecule has 2 fully saturated rings. The third-order valence-electron chi connectivity index (χ3n) is 6.03. The van der Waals surface area contributed by atoms with Gasteiger partial charge in [0, 0.05) is 25.7 Å². The normalized spacial score (nSPS) is 22.3.